The van der Waals surface area contributed by atoms with E-state index < -0.39 is 0 Å². The zero-order chi connectivity index (χ0) is 10.1. The van der Waals surface area contributed by atoms with Gasteiger partial charge in [-0.1, -0.05) is 11.8 Å². The predicted octanol–water partition coefficient (Wildman–Crippen LogP) is 0.183. The molecule has 1 fully saturated rings. The van der Waals surface area contributed by atoms with Gasteiger partial charge < -0.3 is 10.5 Å². The summed E-state index contributed by atoms with van der Waals surface area (Å²) in [6.07, 6.45) is 0.675. The molecule has 0 saturated carbocycles. The van der Waals surface area contributed by atoms with Crippen LogP contribution in [0, 0.1) is 0 Å². The number of nitrogens with zero attached hydrogens (tertiary/aromatic N) is 2. The smallest absolute Gasteiger partial charge is 0.319 e. The van der Waals surface area contributed by atoms with Crippen LogP contribution in [-0.4, -0.2) is 32.5 Å². The molecule has 2 atom stereocenters. The highest BCUT2D eigenvalue weighted by Gasteiger charge is 2.33. The number of aromatic nitrogens is 3. The van der Waals surface area contributed by atoms with Gasteiger partial charge in [-0.25, -0.2) is 5.10 Å². The highest BCUT2D eigenvalue weighted by atomic mass is 32.2. The van der Waals surface area contributed by atoms with E-state index in [1.165, 1.54) is 11.8 Å². The third kappa shape index (κ3) is 1.82. The second-order valence-electron chi connectivity index (χ2n) is 3.09. The number of nitrogen functional groups attached to an aromatic ring is 1. The number of rotatable bonds is 2. The number of anilines is 1. The Hall–Kier alpha value is -1.24. The second-order valence-corrected chi connectivity index (χ2v) is 4.26. The molecule has 0 aromatic carbocycles. The highest BCUT2D eigenvalue weighted by Crippen LogP contribution is 2.29. The summed E-state index contributed by atoms with van der Waals surface area (Å²) in [6, 6.07) is 0. The Balaban J connectivity index is 2.01. The molecule has 1 aliphatic rings. The second kappa shape index (κ2) is 3.49. The normalized spacial score (nSPS) is 26.5. The maximum absolute atomic E-state index is 11.3. The summed E-state index contributed by atoms with van der Waals surface area (Å²) in [7, 11) is 0. The number of ether oxygens (including phenoxy) is 1. The zero-order valence-electron chi connectivity index (χ0n) is 7.56. The van der Waals surface area contributed by atoms with Gasteiger partial charge in [0.25, 0.3) is 0 Å². The van der Waals surface area contributed by atoms with Crippen LogP contribution in [-0.2, 0) is 9.53 Å². The minimum absolute atomic E-state index is 0.0173. The number of hydrogen-bond donors (Lipinski definition) is 2. The van der Waals surface area contributed by atoms with Gasteiger partial charge in [-0.2, -0.15) is 4.98 Å². The summed E-state index contributed by atoms with van der Waals surface area (Å²) in [4.78, 5) is 15.2. The largest absolute Gasteiger partial charge is 0.462 e. The number of hydrogen-bond acceptors (Lipinski definition) is 6. The maximum Gasteiger partial charge on any atom is 0.319 e. The molecule has 1 aromatic heterocycles. The van der Waals surface area contributed by atoms with Gasteiger partial charge in [-0.15, -0.1) is 5.10 Å². The van der Waals surface area contributed by atoms with E-state index in [1.54, 1.807) is 0 Å². The number of cyclic esters (lactones) is 1. The van der Waals surface area contributed by atoms with E-state index in [0.717, 1.165) is 0 Å². The van der Waals surface area contributed by atoms with Crippen LogP contribution in [0.2, 0.25) is 0 Å². The predicted molar refractivity (Wildman–Crippen MR) is 50.6 cm³/mol. The Morgan fingerprint density at radius 1 is 1.71 bits per heavy atom. The third-order valence-electron chi connectivity index (χ3n) is 1.86. The van der Waals surface area contributed by atoms with Crippen LogP contribution >= 0.6 is 11.8 Å². The standard InChI is InChI=1S/C7H10N4O2S/c1-3-2-4(5(12)13-3)14-7-9-6(8)10-11-7/h3-4H,2H2,1H3,(H3,8,9,10,11)/t3-,4+/m1/s1. The average Bonchev–Trinajstić information content (AvgIpc) is 2.61. The van der Waals surface area contributed by atoms with Crippen molar-refractivity contribution in [2.45, 2.75) is 29.9 Å². The lowest BCUT2D eigenvalue weighted by Gasteiger charge is -1.98. The van der Waals surface area contributed by atoms with E-state index in [1.807, 2.05) is 6.92 Å². The van der Waals surface area contributed by atoms with E-state index in [0.29, 0.717) is 11.6 Å². The molecular formula is C7H10N4O2S. The molecular weight excluding hydrogens is 204 g/mol. The highest BCUT2D eigenvalue weighted by molar-refractivity contribution is 8.00. The van der Waals surface area contributed by atoms with E-state index in [9.17, 15) is 4.79 Å². The van der Waals surface area contributed by atoms with Gasteiger partial charge in [0.15, 0.2) is 0 Å². The molecule has 0 spiro atoms. The summed E-state index contributed by atoms with van der Waals surface area (Å²) >= 11 is 1.28. The molecule has 0 unspecified atom stereocenters. The molecule has 3 N–H and O–H groups in total. The minimum atomic E-state index is -0.208. The first kappa shape index (κ1) is 9.32. The van der Waals surface area contributed by atoms with Crippen molar-refractivity contribution < 1.29 is 9.53 Å². The Morgan fingerprint density at radius 3 is 3.00 bits per heavy atom. The van der Waals surface area contributed by atoms with Crippen LogP contribution < -0.4 is 5.73 Å². The average molecular weight is 214 g/mol. The lowest BCUT2D eigenvalue weighted by Crippen LogP contribution is -2.09. The van der Waals surface area contributed by atoms with Crippen molar-refractivity contribution in [2.24, 2.45) is 0 Å². The van der Waals surface area contributed by atoms with Gasteiger partial charge in [-0.3, -0.25) is 4.79 Å². The van der Waals surface area contributed by atoms with Gasteiger partial charge in [-0.05, 0) is 6.92 Å². The van der Waals surface area contributed by atoms with E-state index in [-0.39, 0.29) is 23.3 Å². The van der Waals surface area contributed by atoms with Crippen LogP contribution in [0.5, 0.6) is 0 Å². The summed E-state index contributed by atoms with van der Waals surface area (Å²) in [6.45, 7) is 1.87. The molecule has 0 amide bonds. The molecule has 76 valence electrons. The van der Waals surface area contributed by atoms with Crippen molar-refractivity contribution in [3.05, 3.63) is 0 Å². The van der Waals surface area contributed by atoms with Crippen LogP contribution in [0.1, 0.15) is 13.3 Å². The van der Waals surface area contributed by atoms with Gasteiger partial charge >= 0.3 is 5.97 Å². The Bertz CT molecular complexity index is 353. The molecule has 1 aliphatic heterocycles. The summed E-state index contributed by atoms with van der Waals surface area (Å²) in [5.41, 5.74) is 5.36. The number of carbonyl (C=O) groups is 1. The number of thioether (sulfide) groups is 1. The number of carbonyl (C=O) groups excluding carboxylic acids is 1. The Labute approximate surface area is 84.6 Å². The fraction of sp³-hybridized carbons (Fsp3) is 0.571. The first-order valence-electron chi connectivity index (χ1n) is 4.20. The molecule has 1 aromatic rings. The third-order valence-corrected chi connectivity index (χ3v) is 2.92. The molecule has 7 heteroatoms. The summed E-state index contributed by atoms with van der Waals surface area (Å²) in [5.74, 6) is 0.0535. The van der Waals surface area contributed by atoms with E-state index in [4.69, 9.17) is 10.5 Å². The Morgan fingerprint density at radius 2 is 2.50 bits per heavy atom. The minimum Gasteiger partial charge on any atom is -0.462 e. The number of aromatic amines is 1. The molecule has 6 nitrogen and oxygen atoms in total. The lowest BCUT2D eigenvalue weighted by molar-refractivity contribution is -0.140. The topological polar surface area (TPSA) is 93.9 Å². The molecule has 2 rings (SSSR count). The Kier molecular flexibility index (Phi) is 2.32. The summed E-state index contributed by atoms with van der Waals surface area (Å²) < 4.78 is 5.00. The van der Waals surface area contributed by atoms with Gasteiger partial charge in [0.2, 0.25) is 11.1 Å². The quantitative estimate of drug-likeness (QED) is 0.682. The van der Waals surface area contributed by atoms with Crippen molar-refractivity contribution in [3.8, 4) is 0 Å². The lowest BCUT2D eigenvalue weighted by atomic mass is 10.3. The van der Waals surface area contributed by atoms with E-state index in [2.05, 4.69) is 15.2 Å². The van der Waals surface area contributed by atoms with E-state index >= 15 is 0 Å². The number of H-pyrrole nitrogens is 1. The van der Waals surface area contributed by atoms with Crippen LogP contribution in [0.15, 0.2) is 5.16 Å². The first-order valence-corrected chi connectivity index (χ1v) is 5.08. The monoisotopic (exact) mass is 214 g/mol. The fourth-order valence-electron chi connectivity index (χ4n) is 1.25. The molecule has 1 saturated heterocycles. The zero-order valence-corrected chi connectivity index (χ0v) is 8.37. The summed E-state index contributed by atoms with van der Waals surface area (Å²) in [5, 5.41) is 6.62. The number of nitrogens with two attached hydrogens (primary N) is 1. The van der Waals surface area contributed by atoms with Crippen molar-refractivity contribution >= 4 is 23.7 Å². The SMILES string of the molecule is C[C@@H]1C[C@H](Sc2n[nH]c(N)n2)C(=O)O1. The van der Waals surface area contributed by atoms with Crippen LogP contribution in [0.4, 0.5) is 5.95 Å². The fourth-order valence-corrected chi connectivity index (χ4v) is 2.28. The van der Waals surface area contributed by atoms with Crippen molar-refractivity contribution in [3.63, 3.8) is 0 Å². The van der Waals surface area contributed by atoms with Gasteiger partial charge in [0.05, 0.1) is 0 Å². The molecule has 14 heavy (non-hydrogen) atoms. The van der Waals surface area contributed by atoms with Gasteiger partial charge in [0, 0.05) is 6.42 Å². The van der Waals surface area contributed by atoms with Crippen LogP contribution in [0.25, 0.3) is 0 Å². The molecule has 0 bridgehead atoms. The van der Waals surface area contributed by atoms with Crippen molar-refractivity contribution in [1.29, 1.82) is 0 Å². The van der Waals surface area contributed by atoms with Crippen molar-refractivity contribution in [1.82, 2.24) is 15.2 Å². The van der Waals surface area contributed by atoms with Crippen LogP contribution in [0.3, 0.4) is 0 Å². The number of nitrogens with one attached hydrogen (secondary N) is 1. The van der Waals surface area contributed by atoms with Gasteiger partial charge in [0.1, 0.15) is 11.4 Å². The molecule has 2 heterocycles. The maximum atomic E-state index is 11.3. The molecule has 0 radical (unpaired) electrons. The first-order chi connectivity index (χ1) is 6.65. The molecule has 0 aliphatic carbocycles. The van der Waals surface area contributed by atoms with Crippen molar-refractivity contribution in [2.75, 3.05) is 5.73 Å². The number of esters is 1.